The van der Waals surface area contributed by atoms with E-state index in [9.17, 15) is 4.79 Å². The molecule has 1 aromatic heterocycles. The molecule has 7 heteroatoms. The summed E-state index contributed by atoms with van der Waals surface area (Å²) >= 11 is 1.23. The maximum absolute atomic E-state index is 11.3. The van der Waals surface area contributed by atoms with Crippen molar-refractivity contribution in [2.24, 2.45) is 0 Å². The van der Waals surface area contributed by atoms with E-state index in [0.717, 1.165) is 11.2 Å². The summed E-state index contributed by atoms with van der Waals surface area (Å²) in [5.74, 6) is 0.498. The van der Waals surface area contributed by atoms with Crippen molar-refractivity contribution in [1.82, 2.24) is 4.98 Å². The van der Waals surface area contributed by atoms with Gasteiger partial charge in [-0.05, 0) is 51.4 Å². The van der Waals surface area contributed by atoms with Crippen LogP contribution in [0.5, 0.6) is 0 Å². The molecule has 0 aliphatic carbocycles. The minimum atomic E-state index is -0.494. The SMILES string of the molecule is CC(=O)SCC(=Cc1ccc(N)cn1)B1OC(C)(C)C(C)(C)O1. The Balaban J connectivity index is 2.28. The molecular formula is C16H23BN2O3S. The van der Waals surface area contributed by atoms with Crippen LogP contribution >= 0.6 is 11.8 Å². The van der Waals surface area contributed by atoms with E-state index in [1.807, 2.05) is 39.8 Å². The molecule has 0 radical (unpaired) electrons. The van der Waals surface area contributed by atoms with Gasteiger partial charge in [-0.2, -0.15) is 0 Å². The van der Waals surface area contributed by atoms with Gasteiger partial charge in [-0.25, -0.2) is 0 Å². The van der Waals surface area contributed by atoms with E-state index in [1.54, 1.807) is 19.2 Å². The number of nitrogens with zero attached hydrogens (tertiary/aromatic N) is 1. The Hall–Kier alpha value is -1.31. The second kappa shape index (κ2) is 6.67. The Morgan fingerprint density at radius 2 is 1.91 bits per heavy atom. The van der Waals surface area contributed by atoms with Crippen molar-refractivity contribution < 1.29 is 14.1 Å². The minimum Gasteiger partial charge on any atom is -0.400 e. The van der Waals surface area contributed by atoms with Gasteiger partial charge in [0.2, 0.25) is 0 Å². The molecule has 0 unspecified atom stereocenters. The smallest absolute Gasteiger partial charge is 0.400 e. The van der Waals surface area contributed by atoms with Gasteiger partial charge in [0.1, 0.15) is 0 Å². The van der Waals surface area contributed by atoms with E-state index in [-0.39, 0.29) is 5.12 Å². The monoisotopic (exact) mass is 334 g/mol. The second-order valence-corrected chi connectivity index (χ2v) is 7.76. The van der Waals surface area contributed by atoms with Crippen molar-refractivity contribution in [2.45, 2.75) is 45.8 Å². The lowest BCUT2D eigenvalue weighted by molar-refractivity contribution is -0.109. The lowest BCUT2D eigenvalue weighted by Gasteiger charge is -2.32. The molecular weight excluding hydrogens is 311 g/mol. The van der Waals surface area contributed by atoms with Crippen LogP contribution in [0.4, 0.5) is 5.69 Å². The van der Waals surface area contributed by atoms with Crippen LogP contribution in [0.2, 0.25) is 0 Å². The van der Waals surface area contributed by atoms with E-state index in [2.05, 4.69) is 4.98 Å². The predicted molar refractivity (Wildman–Crippen MR) is 95.8 cm³/mol. The number of nitrogens with two attached hydrogens (primary N) is 1. The molecule has 0 spiro atoms. The van der Waals surface area contributed by atoms with Gasteiger partial charge in [0.25, 0.3) is 0 Å². The van der Waals surface area contributed by atoms with Gasteiger partial charge in [-0.15, -0.1) is 0 Å². The molecule has 2 rings (SSSR count). The van der Waals surface area contributed by atoms with Crippen LogP contribution in [0.15, 0.2) is 23.8 Å². The zero-order valence-electron chi connectivity index (χ0n) is 14.3. The van der Waals surface area contributed by atoms with Crippen molar-refractivity contribution in [3.8, 4) is 0 Å². The number of rotatable bonds is 4. The molecule has 1 fully saturated rings. The molecule has 1 aromatic rings. The van der Waals surface area contributed by atoms with Crippen LogP contribution in [0.1, 0.15) is 40.3 Å². The third kappa shape index (κ3) is 4.37. The van der Waals surface area contributed by atoms with Crippen molar-refractivity contribution in [1.29, 1.82) is 0 Å². The Morgan fingerprint density at radius 1 is 1.30 bits per heavy atom. The predicted octanol–water partition coefficient (Wildman–Crippen LogP) is 2.96. The lowest BCUT2D eigenvalue weighted by atomic mass is 9.78. The lowest BCUT2D eigenvalue weighted by Crippen LogP contribution is -2.41. The summed E-state index contributed by atoms with van der Waals surface area (Å²) in [7, 11) is -0.494. The summed E-state index contributed by atoms with van der Waals surface area (Å²) < 4.78 is 12.2. The fraction of sp³-hybridized carbons (Fsp3) is 0.500. The summed E-state index contributed by atoms with van der Waals surface area (Å²) in [5.41, 5.74) is 7.06. The van der Waals surface area contributed by atoms with E-state index in [4.69, 9.17) is 15.0 Å². The van der Waals surface area contributed by atoms with Crippen molar-refractivity contribution >= 4 is 35.8 Å². The highest BCUT2D eigenvalue weighted by Gasteiger charge is 2.52. The largest absolute Gasteiger partial charge is 0.491 e. The summed E-state index contributed by atoms with van der Waals surface area (Å²) in [6.45, 7) is 9.57. The molecule has 0 amide bonds. The average molecular weight is 334 g/mol. The highest BCUT2D eigenvalue weighted by Crippen LogP contribution is 2.39. The number of carbonyl (C=O) groups is 1. The second-order valence-electron chi connectivity index (χ2n) is 6.60. The van der Waals surface area contributed by atoms with Crippen LogP contribution in [-0.4, -0.2) is 34.2 Å². The number of hydrogen-bond acceptors (Lipinski definition) is 6. The van der Waals surface area contributed by atoms with Gasteiger partial charge in [0, 0.05) is 12.7 Å². The number of nitrogen functional groups attached to an aromatic ring is 1. The normalized spacial score (nSPS) is 19.9. The molecule has 1 aliphatic heterocycles. The van der Waals surface area contributed by atoms with Crippen LogP contribution in [-0.2, 0) is 14.1 Å². The zero-order valence-corrected chi connectivity index (χ0v) is 15.1. The maximum atomic E-state index is 11.3. The molecule has 0 bridgehead atoms. The molecule has 2 heterocycles. The van der Waals surface area contributed by atoms with Crippen LogP contribution < -0.4 is 5.73 Å². The van der Waals surface area contributed by atoms with E-state index in [0.29, 0.717) is 11.4 Å². The maximum Gasteiger partial charge on any atom is 0.491 e. The highest BCUT2D eigenvalue weighted by atomic mass is 32.2. The number of thioether (sulfide) groups is 1. The number of pyridine rings is 1. The molecule has 1 saturated heterocycles. The fourth-order valence-electron chi connectivity index (χ4n) is 2.05. The fourth-order valence-corrected chi connectivity index (χ4v) is 2.64. The van der Waals surface area contributed by atoms with Crippen LogP contribution in [0.25, 0.3) is 6.08 Å². The van der Waals surface area contributed by atoms with Crippen molar-refractivity contribution in [3.05, 3.63) is 29.5 Å². The van der Waals surface area contributed by atoms with E-state index in [1.165, 1.54) is 11.8 Å². The molecule has 0 atom stereocenters. The Morgan fingerprint density at radius 3 is 2.39 bits per heavy atom. The number of aromatic nitrogens is 1. The van der Waals surface area contributed by atoms with Gasteiger partial charge >= 0.3 is 7.12 Å². The number of anilines is 1. The first-order valence-electron chi connectivity index (χ1n) is 7.52. The summed E-state index contributed by atoms with van der Waals surface area (Å²) in [5, 5.41) is 0.0534. The molecule has 5 nitrogen and oxygen atoms in total. The Kier molecular flexibility index (Phi) is 5.23. The molecule has 0 aromatic carbocycles. The standard InChI is InChI=1S/C16H23BN2O3S/c1-11(20)23-10-12(8-14-7-6-13(18)9-19-14)17-21-15(2,3)16(4,5)22-17/h6-9H,10,18H2,1-5H3. The third-order valence-electron chi connectivity index (χ3n) is 4.14. The third-order valence-corrected chi connectivity index (χ3v) is 5.02. The first-order chi connectivity index (χ1) is 10.6. The summed E-state index contributed by atoms with van der Waals surface area (Å²) in [4.78, 5) is 15.6. The van der Waals surface area contributed by atoms with Crippen LogP contribution in [0, 0.1) is 0 Å². The number of carbonyl (C=O) groups excluding carboxylic acids is 1. The summed E-state index contributed by atoms with van der Waals surface area (Å²) in [6, 6.07) is 3.62. The van der Waals surface area contributed by atoms with E-state index < -0.39 is 18.3 Å². The molecule has 124 valence electrons. The first-order valence-corrected chi connectivity index (χ1v) is 8.50. The minimum absolute atomic E-state index is 0.0534. The van der Waals surface area contributed by atoms with Gasteiger partial charge in [-0.1, -0.05) is 11.8 Å². The molecule has 1 aliphatic rings. The Labute approximate surface area is 142 Å². The molecule has 23 heavy (non-hydrogen) atoms. The van der Waals surface area contributed by atoms with Gasteiger partial charge in [-0.3, -0.25) is 9.78 Å². The van der Waals surface area contributed by atoms with Gasteiger partial charge < -0.3 is 15.0 Å². The molecule has 0 saturated carbocycles. The van der Waals surface area contributed by atoms with Crippen LogP contribution in [0.3, 0.4) is 0 Å². The van der Waals surface area contributed by atoms with Crippen molar-refractivity contribution in [2.75, 3.05) is 11.5 Å². The average Bonchev–Trinajstić information content (AvgIpc) is 2.65. The van der Waals surface area contributed by atoms with E-state index >= 15 is 0 Å². The zero-order chi connectivity index (χ0) is 17.3. The van der Waals surface area contributed by atoms with Gasteiger partial charge in [0.05, 0.1) is 28.8 Å². The molecule has 2 N–H and O–H groups in total. The highest BCUT2D eigenvalue weighted by molar-refractivity contribution is 8.13. The quantitative estimate of drug-likeness (QED) is 0.854. The topological polar surface area (TPSA) is 74.4 Å². The number of hydrogen-bond donors (Lipinski definition) is 1. The Bertz CT molecular complexity index is 598. The van der Waals surface area contributed by atoms with Crippen molar-refractivity contribution in [3.63, 3.8) is 0 Å². The first kappa shape index (κ1) is 18.0. The summed E-state index contributed by atoms with van der Waals surface area (Å²) in [6.07, 6.45) is 3.50. The van der Waals surface area contributed by atoms with Gasteiger partial charge in [0.15, 0.2) is 5.12 Å².